The van der Waals surface area contributed by atoms with Crippen LogP contribution in [0.15, 0.2) is 12.7 Å². The van der Waals surface area contributed by atoms with E-state index in [1.807, 2.05) is 6.92 Å². The van der Waals surface area contributed by atoms with Gasteiger partial charge in [0.15, 0.2) is 0 Å². The maximum atomic E-state index is 12.3. The number of ketones is 2. The van der Waals surface area contributed by atoms with Gasteiger partial charge in [-0.3, -0.25) is 9.59 Å². The molecule has 0 saturated carbocycles. The van der Waals surface area contributed by atoms with Gasteiger partial charge in [-0.25, -0.2) is 4.79 Å². The molecule has 0 saturated heterocycles. The summed E-state index contributed by atoms with van der Waals surface area (Å²) in [6, 6.07) is 0. The van der Waals surface area contributed by atoms with E-state index in [0.717, 1.165) is 6.08 Å². The summed E-state index contributed by atoms with van der Waals surface area (Å²) in [5.41, 5.74) is 0. The molecule has 0 heterocycles. The maximum Gasteiger partial charge on any atom is 0.330 e. The highest BCUT2D eigenvalue weighted by Gasteiger charge is 2.33. The molecule has 6 heteroatoms. The fourth-order valence-corrected chi connectivity index (χ4v) is 2.34. The van der Waals surface area contributed by atoms with Gasteiger partial charge < -0.3 is 14.3 Å². The molecular formula is C17H24O6. The Kier molecular flexibility index (Phi) is 11.3. The average molecular weight is 324 g/mol. The van der Waals surface area contributed by atoms with Crippen molar-refractivity contribution in [2.45, 2.75) is 45.4 Å². The molecule has 23 heavy (non-hydrogen) atoms. The topological polar surface area (TPSA) is 94.6 Å². The first-order valence-corrected chi connectivity index (χ1v) is 7.73. The first-order valence-electron chi connectivity index (χ1n) is 7.73. The molecule has 0 aliphatic rings. The van der Waals surface area contributed by atoms with Gasteiger partial charge in [0, 0.05) is 37.7 Å². The largest absolute Gasteiger partial charge is 0.462 e. The number of aldehydes is 2. The summed E-state index contributed by atoms with van der Waals surface area (Å²) in [5, 5.41) is 0. The minimum atomic E-state index is -0.794. The van der Waals surface area contributed by atoms with Gasteiger partial charge in [0.25, 0.3) is 0 Å². The highest BCUT2D eigenvalue weighted by atomic mass is 16.5. The van der Waals surface area contributed by atoms with Gasteiger partial charge in [-0.15, -0.1) is 0 Å². The van der Waals surface area contributed by atoms with Crippen molar-refractivity contribution in [2.75, 3.05) is 6.61 Å². The SMILES string of the molecule is C=CC(=O)OCC(C(=O)CCC=O)C(CCC)C(=O)CCC=O. The molecule has 0 amide bonds. The zero-order chi connectivity index (χ0) is 17.7. The van der Waals surface area contributed by atoms with Gasteiger partial charge in [-0.1, -0.05) is 19.9 Å². The third kappa shape index (κ3) is 8.18. The van der Waals surface area contributed by atoms with Crippen LogP contribution in [0.5, 0.6) is 0 Å². The summed E-state index contributed by atoms with van der Waals surface area (Å²) in [7, 11) is 0. The number of rotatable bonds is 14. The molecular weight excluding hydrogens is 300 g/mol. The predicted molar refractivity (Wildman–Crippen MR) is 83.7 cm³/mol. The third-order valence-electron chi connectivity index (χ3n) is 3.50. The predicted octanol–water partition coefficient (Wildman–Crippen LogP) is 1.84. The summed E-state index contributed by atoms with van der Waals surface area (Å²) in [6.07, 6.45) is 3.62. The van der Waals surface area contributed by atoms with Crippen LogP contribution in [-0.4, -0.2) is 36.7 Å². The molecule has 0 aromatic heterocycles. The van der Waals surface area contributed by atoms with Crippen molar-refractivity contribution in [3.63, 3.8) is 0 Å². The molecule has 6 nitrogen and oxygen atoms in total. The van der Waals surface area contributed by atoms with Crippen molar-refractivity contribution in [2.24, 2.45) is 11.8 Å². The Morgan fingerprint density at radius 3 is 1.96 bits per heavy atom. The number of hydrogen-bond donors (Lipinski definition) is 0. The monoisotopic (exact) mass is 324 g/mol. The Labute approximate surface area is 136 Å². The lowest BCUT2D eigenvalue weighted by molar-refractivity contribution is -0.145. The Morgan fingerprint density at radius 2 is 1.52 bits per heavy atom. The number of ether oxygens (including phenoxy) is 1. The molecule has 0 aliphatic heterocycles. The van der Waals surface area contributed by atoms with Crippen molar-refractivity contribution in [1.82, 2.24) is 0 Å². The minimum Gasteiger partial charge on any atom is -0.462 e. The van der Waals surface area contributed by atoms with E-state index < -0.39 is 17.8 Å². The highest BCUT2D eigenvalue weighted by Crippen LogP contribution is 2.24. The fourth-order valence-electron chi connectivity index (χ4n) is 2.34. The van der Waals surface area contributed by atoms with Crippen LogP contribution in [0, 0.1) is 11.8 Å². The van der Waals surface area contributed by atoms with E-state index >= 15 is 0 Å². The zero-order valence-electron chi connectivity index (χ0n) is 13.5. The van der Waals surface area contributed by atoms with Gasteiger partial charge in [0.05, 0.1) is 5.92 Å². The molecule has 0 spiro atoms. The molecule has 128 valence electrons. The van der Waals surface area contributed by atoms with Crippen molar-refractivity contribution < 1.29 is 28.7 Å². The van der Waals surface area contributed by atoms with Gasteiger partial charge in [-0.2, -0.15) is 0 Å². The molecule has 0 bridgehead atoms. The lowest BCUT2D eigenvalue weighted by Crippen LogP contribution is -2.34. The maximum absolute atomic E-state index is 12.3. The van der Waals surface area contributed by atoms with Crippen LogP contribution in [0.3, 0.4) is 0 Å². The average Bonchev–Trinajstić information content (AvgIpc) is 2.56. The summed E-state index contributed by atoms with van der Waals surface area (Å²) in [5.74, 6) is -2.56. The summed E-state index contributed by atoms with van der Waals surface area (Å²) >= 11 is 0. The molecule has 0 aliphatic carbocycles. The second-order valence-corrected chi connectivity index (χ2v) is 5.18. The Balaban J connectivity index is 5.17. The van der Waals surface area contributed by atoms with Gasteiger partial charge in [0.2, 0.25) is 0 Å². The first-order chi connectivity index (χ1) is 11.0. The second kappa shape index (κ2) is 12.4. The second-order valence-electron chi connectivity index (χ2n) is 5.18. The Hall–Kier alpha value is -2.11. The standard InChI is InChI=1S/C17H24O6/c1-3-7-13(15(20)8-5-10-18)14(12-23-17(22)4-2)16(21)9-6-11-19/h4,10-11,13-14H,2-3,5-9,12H2,1H3. The first kappa shape index (κ1) is 20.9. The normalized spacial score (nSPS) is 12.7. The van der Waals surface area contributed by atoms with E-state index in [9.17, 15) is 24.0 Å². The molecule has 0 fully saturated rings. The number of Topliss-reactive ketones (excluding diaryl/α,β-unsaturated/α-hetero) is 2. The van der Waals surface area contributed by atoms with Crippen LogP contribution >= 0.6 is 0 Å². The quantitative estimate of drug-likeness (QED) is 0.275. The third-order valence-corrected chi connectivity index (χ3v) is 3.50. The van der Waals surface area contributed by atoms with Crippen LogP contribution in [0.2, 0.25) is 0 Å². The van der Waals surface area contributed by atoms with Crippen LogP contribution in [0.25, 0.3) is 0 Å². The minimum absolute atomic E-state index is 0.000973. The van der Waals surface area contributed by atoms with E-state index in [1.54, 1.807) is 0 Å². The molecule has 2 atom stereocenters. The van der Waals surface area contributed by atoms with E-state index in [0.29, 0.717) is 25.4 Å². The van der Waals surface area contributed by atoms with Crippen molar-refractivity contribution in [3.8, 4) is 0 Å². The number of carbonyl (C=O) groups excluding carboxylic acids is 5. The molecule has 0 aromatic carbocycles. The number of esters is 1. The van der Waals surface area contributed by atoms with Gasteiger partial charge in [0.1, 0.15) is 30.7 Å². The van der Waals surface area contributed by atoms with Crippen molar-refractivity contribution in [3.05, 3.63) is 12.7 Å². The fraction of sp³-hybridized carbons (Fsp3) is 0.588. The molecule has 0 radical (unpaired) electrons. The molecule has 0 aromatic rings. The highest BCUT2D eigenvalue weighted by molar-refractivity contribution is 5.91. The summed E-state index contributed by atoms with van der Waals surface area (Å²) < 4.78 is 4.95. The Morgan fingerprint density at radius 1 is 1.00 bits per heavy atom. The molecule has 0 N–H and O–H groups in total. The van der Waals surface area contributed by atoms with Crippen LogP contribution < -0.4 is 0 Å². The summed E-state index contributed by atoms with van der Waals surface area (Å²) in [6.45, 7) is 4.93. The molecule has 2 unspecified atom stereocenters. The van der Waals surface area contributed by atoms with E-state index in [4.69, 9.17) is 4.74 Å². The lowest BCUT2D eigenvalue weighted by Gasteiger charge is -2.24. The Bertz CT molecular complexity index is 440. The lowest BCUT2D eigenvalue weighted by atomic mass is 9.80. The van der Waals surface area contributed by atoms with Crippen LogP contribution in [0.4, 0.5) is 0 Å². The van der Waals surface area contributed by atoms with Crippen molar-refractivity contribution >= 4 is 30.1 Å². The molecule has 0 rings (SSSR count). The number of carbonyl (C=O) groups is 5. The zero-order valence-corrected chi connectivity index (χ0v) is 13.5. The van der Waals surface area contributed by atoms with Gasteiger partial charge in [-0.05, 0) is 6.42 Å². The van der Waals surface area contributed by atoms with Crippen molar-refractivity contribution in [1.29, 1.82) is 0 Å². The van der Waals surface area contributed by atoms with Crippen LogP contribution in [0.1, 0.15) is 45.4 Å². The van der Waals surface area contributed by atoms with E-state index in [-0.39, 0.29) is 43.9 Å². The van der Waals surface area contributed by atoms with Gasteiger partial charge >= 0.3 is 5.97 Å². The smallest absolute Gasteiger partial charge is 0.330 e. The number of hydrogen-bond acceptors (Lipinski definition) is 6. The summed E-state index contributed by atoms with van der Waals surface area (Å²) in [4.78, 5) is 56.7. The van der Waals surface area contributed by atoms with Crippen LogP contribution in [-0.2, 0) is 28.7 Å². The van der Waals surface area contributed by atoms with E-state index in [2.05, 4.69) is 6.58 Å². The van der Waals surface area contributed by atoms with E-state index in [1.165, 1.54) is 0 Å².